The molecule has 0 spiro atoms. The molecular formula is C24H18N2O5. The number of nitrogens with zero attached hydrogens (tertiary/aromatic N) is 1. The zero-order valence-electron chi connectivity index (χ0n) is 16.8. The molecule has 3 aromatic rings. The first-order chi connectivity index (χ1) is 14.8. The molecule has 154 valence electrons. The standard InChI is InChI=1S/C24H18N2O5/c1-14-6-3-4-9-20(14)26-23(29)19(22(28)25-24(26)30)13-18-10-11-21(31-18)17-8-5-7-16(12-17)15(2)27/h3-13H,1-2H3,(H,25,28,30)/b19-13+. The Balaban J connectivity index is 1.68. The van der Waals surface area contributed by atoms with Gasteiger partial charge in [0.2, 0.25) is 0 Å². The van der Waals surface area contributed by atoms with Crippen molar-refractivity contribution >= 4 is 35.4 Å². The fourth-order valence-electron chi connectivity index (χ4n) is 3.31. The van der Waals surface area contributed by atoms with Crippen molar-refractivity contribution in [3.8, 4) is 11.3 Å². The number of barbiturate groups is 1. The Morgan fingerprint density at radius 2 is 1.77 bits per heavy atom. The number of benzene rings is 2. The number of carbonyl (C=O) groups is 4. The van der Waals surface area contributed by atoms with Crippen LogP contribution in [0.25, 0.3) is 17.4 Å². The van der Waals surface area contributed by atoms with Crippen LogP contribution in [0.2, 0.25) is 0 Å². The van der Waals surface area contributed by atoms with Crippen LogP contribution in [-0.2, 0) is 9.59 Å². The number of para-hydroxylation sites is 1. The summed E-state index contributed by atoms with van der Waals surface area (Å²) in [6, 6.07) is 16.3. The number of anilines is 1. The largest absolute Gasteiger partial charge is 0.457 e. The maximum atomic E-state index is 13.0. The van der Waals surface area contributed by atoms with Crippen LogP contribution in [0.4, 0.5) is 10.5 Å². The van der Waals surface area contributed by atoms with Crippen molar-refractivity contribution in [3.63, 3.8) is 0 Å². The number of urea groups is 1. The van der Waals surface area contributed by atoms with E-state index in [1.54, 1.807) is 67.6 Å². The molecule has 0 saturated carbocycles. The van der Waals surface area contributed by atoms with E-state index in [0.29, 0.717) is 28.1 Å². The predicted octanol–water partition coefficient (Wildman–Crippen LogP) is 4.12. The predicted molar refractivity (Wildman–Crippen MR) is 114 cm³/mol. The Morgan fingerprint density at radius 3 is 2.52 bits per heavy atom. The van der Waals surface area contributed by atoms with E-state index in [4.69, 9.17) is 4.42 Å². The van der Waals surface area contributed by atoms with Crippen LogP contribution in [0.1, 0.15) is 28.6 Å². The number of aryl methyl sites for hydroxylation is 1. The topological polar surface area (TPSA) is 96.7 Å². The van der Waals surface area contributed by atoms with Crippen LogP contribution in [0.5, 0.6) is 0 Å². The summed E-state index contributed by atoms with van der Waals surface area (Å²) in [5.74, 6) is -0.858. The summed E-state index contributed by atoms with van der Waals surface area (Å²) >= 11 is 0. The van der Waals surface area contributed by atoms with Crippen LogP contribution < -0.4 is 10.2 Å². The van der Waals surface area contributed by atoms with Gasteiger partial charge in [-0.15, -0.1) is 0 Å². The number of imide groups is 2. The van der Waals surface area contributed by atoms with E-state index in [9.17, 15) is 19.2 Å². The van der Waals surface area contributed by atoms with Gasteiger partial charge in [0.15, 0.2) is 5.78 Å². The van der Waals surface area contributed by atoms with Gasteiger partial charge in [0.25, 0.3) is 11.8 Å². The lowest BCUT2D eigenvalue weighted by Crippen LogP contribution is -2.54. The van der Waals surface area contributed by atoms with Crippen molar-refractivity contribution in [1.29, 1.82) is 0 Å². The molecular weight excluding hydrogens is 396 g/mol. The van der Waals surface area contributed by atoms with E-state index in [2.05, 4.69) is 5.32 Å². The highest BCUT2D eigenvalue weighted by atomic mass is 16.3. The minimum Gasteiger partial charge on any atom is -0.457 e. The fourth-order valence-corrected chi connectivity index (χ4v) is 3.31. The quantitative estimate of drug-likeness (QED) is 0.393. The van der Waals surface area contributed by atoms with Gasteiger partial charge >= 0.3 is 6.03 Å². The van der Waals surface area contributed by atoms with Gasteiger partial charge in [-0.1, -0.05) is 36.4 Å². The summed E-state index contributed by atoms with van der Waals surface area (Å²) in [6.07, 6.45) is 1.30. The highest BCUT2D eigenvalue weighted by Crippen LogP contribution is 2.27. The zero-order chi connectivity index (χ0) is 22.1. The number of hydrogen-bond donors (Lipinski definition) is 1. The van der Waals surface area contributed by atoms with Gasteiger partial charge in [-0.25, -0.2) is 9.69 Å². The molecule has 1 aliphatic rings. The molecule has 1 fully saturated rings. The van der Waals surface area contributed by atoms with Crippen molar-refractivity contribution < 1.29 is 23.6 Å². The molecule has 1 aliphatic heterocycles. The SMILES string of the molecule is CC(=O)c1cccc(-c2ccc(/C=C3\C(=O)NC(=O)N(c4ccccc4C)C3=O)o2)c1. The molecule has 0 unspecified atom stereocenters. The van der Waals surface area contributed by atoms with E-state index in [0.717, 1.165) is 4.90 Å². The molecule has 0 aliphatic carbocycles. The number of ketones is 1. The Bertz CT molecular complexity index is 1270. The second-order valence-corrected chi connectivity index (χ2v) is 7.08. The van der Waals surface area contributed by atoms with Gasteiger partial charge < -0.3 is 4.42 Å². The number of Topliss-reactive ketones (excluding diaryl/α,β-unsaturated/α-hetero) is 1. The molecule has 2 heterocycles. The number of nitrogens with one attached hydrogen (secondary N) is 1. The Kier molecular flexibility index (Phi) is 5.09. The van der Waals surface area contributed by atoms with Crippen LogP contribution in [0.15, 0.2) is 70.7 Å². The maximum absolute atomic E-state index is 13.0. The summed E-state index contributed by atoms with van der Waals surface area (Å²) < 4.78 is 5.77. The molecule has 7 nitrogen and oxygen atoms in total. The Morgan fingerprint density at radius 1 is 1.00 bits per heavy atom. The first-order valence-corrected chi connectivity index (χ1v) is 9.53. The summed E-state index contributed by atoms with van der Waals surface area (Å²) in [5, 5.41) is 2.19. The summed E-state index contributed by atoms with van der Waals surface area (Å²) in [7, 11) is 0. The third-order valence-electron chi connectivity index (χ3n) is 4.93. The maximum Gasteiger partial charge on any atom is 0.335 e. The third-order valence-corrected chi connectivity index (χ3v) is 4.93. The summed E-state index contributed by atoms with van der Waals surface area (Å²) in [6.45, 7) is 3.25. The van der Waals surface area contributed by atoms with Crippen molar-refractivity contribution in [2.45, 2.75) is 13.8 Å². The molecule has 4 amide bonds. The number of furan rings is 1. The van der Waals surface area contributed by atoms with Crippen LogP contribution in [-0.4, -0.2) is 23.6 Å². The lowest BCUT2D eigenvalue weighted by molar-refractivity contribution is -0.122. The summed E-state index contributed by atoms with van der Waals surface area (Å²) in [4.78, 5) is 50.2. The molecule has 0 bridgehead atoms. The average Bonchev–Trinajstić information content (AvgIpc) is 3.21. The minimum atomic E-state index is -0.803. The first-order valence-electron chi connectivity index (χ1n) is 9.53. The monoisotopic (exact) mass is 414 g/mol. The zero-order valence-corrected chi connectivity index (χ0v) is 16.8. The second kappa shape index (κ2) is 7.87. The molecule has 1 N–H and O–H groups in total. The lowest BCUT2D eigenvalue weighted by Gasteiger charge is -2.27. The van der Waals surface area contributed by atoms with Gasteiger partial charge in [0, 0.05) is 11.1 Å². The molecule has 31 heavy (non-hydrogen) atoms. The molecule has 0 atom stereocenters. The number of carbonyl (C=O) groups excluding carboxylic acids is 4. The minimum absolute atomic E-state index is 0.0683. The Hall–Kier alpha value is -4.26. The highest BCUT2D eigenvalue weighted by molar-refractivity contribution is 6.39. The van der Waals surface area contributed by atoms with Gasteiger partial charge in [-0.2, -0.15) is 0 Å². The summed E-state index contributed by atoms with van der Waals surface area (Å²) in [5.41, 5.74) is 2.12. The van der Waals surface area contributed by atoms with E-state index < -0.39 is 17.8 Å². The van der Waals surface area contributed by atoms with Crippen molar-refractivity contribution in [3.05, 3.63) is 83.1 Å². The number of amides is 4. The molecule has 1 aromatic heterocycles. The van der Waals surface area contributed by atoms with E-state index in [-0.39, 0.29) is 17.1 Å². The average molecular weight is 414 g/mol. The van der Waals surface area contributed by atoms with Crippen molar-refractivity contribution in [1.82, 2.24) is 5.32 Å². The molecule has 7 heteroatoms. The molecule has 2 aromatic carbocycles. The van der Waals surface area contributed by atoms with Gasteiger partial charge in [-0.3, -0.25) is 19.7 Å². The van der Waals surface area contributed by atoms with E-state index >= 15 is 0 Å². The first kappa shape index (κ1) is 20.0. The van der Waals surface area contributed by atoms with Crippen molar-refractivity contribution in [2.75, 3.05) is 4.90 Å². The normalized spacial score (nSPS) is 15.4. The van der Waals surface area contributed by atoms with Gasteiger partial charge in [0.1, 0.15) is 17.1 Å². The highest BCUT2D eigenvalue weighted by Gasteiger charge is 2.37. The van der Waals surface area contributed by atoms with Crippen molar-refractivity contribution in [2.24, 2.45) is 0 Å². The van der Waals surface area contributed by atoms with Gasteiger partial charge in [0.05, 0.1) is 5.69 Å². The Labute approximate surface area is 178 Å². The van der Waals surface area contributed by atoms with Crippen LogP contribution in [0.3, 0.4) is 0 Å². The number of hydrogen-bond acceptors (Lipinski definition) is 5. The number of rotatable bonds is 4. The molecule has 4 rings (SSSR count). The third kappa shape index (κ3) is 3.81. The smallest absolute Gasteiger partial charge is 0.335 e. The van der Waals surface area contributed by atoms with E-state index in [1.807, 2.05) is 0 Å². The fraction of sp³-hybridized carbons (Fsp3) is 0.0833. The van der Waals surface area contributed by atoms with Gasteiger partial charge in [-0.05, 0) is 49.8 Å². The molecule has 1 saturated heterocycles. The second-order valence-electron chi connectivity index (χ2n) is 7.08. The lowest BCUT2D eigenvalue weighted by atomic mass is 10.1. The van der Waals surface area contributed by atoms with E-state index in [1.165, 1.54) is 13.0 Å². The van der Waals surface area contributed by atoms with Crippen LogP contribution >= 0.6 is 0 Å². The van der Waals surface area contributed by atoms with Crippen LogP contribution in [0, 0.1) is 6.92 Å². The molecule has 0 radical (unpaired) electrons.